The van der Waals surface area contributed by atoms with Gasteiger partial charge >= 0.3 is 0 Å². The number of carbonyl (C=O) groups is 1. The number of nitrogens with one attached hydrogen (secondary N) is 2. The molecule has 1 amide bonds. The molecule has 0 radical (unpaired) electrons. The number of aliphatic hydroxyl groups is 1. The first-order chi connectivity index (χ1) is 16.8. The molecule has 8 heteroatoms. The highest BCUT2D eigenvalue weighted by Crippen LogP contribution is 2.35. The Labute approximate surface area is 210 Å². The molecule has 4 rings (SSSR count). The molecule has 3 N–H and O–H groups in total. The molecule has 1 aliphatic rings. The number of hydrogen-bond donors (Lipinski definition) is 3. The zero-order valence-electron chi connectivity index (χ0n) is 21.1. The molecule has 1 fully saturated rings. The fourth-order valence-corrected chi connectivity index (χ4v) is 6.21. The minimum atomic E-state index is -0.158. The van der Waals surface area contributed by atoms with Gasteiger partial charge in [0.1, 0.15) is 0 Å². The van der Waals surface area contributed by atoms with Crippen molar-refractivity contribution in [3.63, 3.8) is 0 Å². The number of β-amino-alcohol motifs (C(OH)–C–C–N with tert-alkyl or cyclic N) is 1. The minimum Gasteiger partial charge on any atom is -0.395 e. The smallest absolute Gasteiger partial charge is 0.254 e. The van der Waals surface area contributed by atoms with Crippen LogP contribution in [0.1, 0.15) is 53.1 Å². The SMILES string of the molecule is CSc1cc(C)[nH]c(=O)c1CNC(=O)c1c(C)n([C@H](C)C2CCN(CCO)CC2)c2ccccc12. The number of aryl methyl sites for hydroxylation is 1. The third kappa shape index (κ3) is 5.20. The highest BCUT2D eigenvalue weighted by Gasteiger charge is 2.29. The molecule has 7 nitrogen and oxygen atoms in total. The largest absolute Gasteiger partial charge is 0.395 e. The Bertz CT molecular complexity index is 1260. The van der Waals surface area contributed by atoms with E-state index in [2.05, 4.69) is 32.8 Å². The summed E-state index contributed by atoms with van der Waals surface area (Å²) in [5.74, 6) is 0.347. The van der Waals surface area contributed by atoms with Gasteiger partial charge in [-0.15, -0.1) is 11.8 Å². The van der Waals surface area contributed by atoms with Crippen molar-refractivity contribution in [1.82, 2.24) is 19.8 Å². The van der Waals surface area contributed by atoms with E-state index in [0.717, 1.165) is 59.7 Å². The van der Waals surface area contributed by atoms with Gasteiger partial charge in [0, 0.05) is 51.9 Å². The summed E-state index contributed by atoms with van der Waals surface area (Å²) in [4.78, 5) is 32.1. The molecule has 1 atom stereocenters. The predicted octanol–water partition coefficient (Wildman–Crippen LogP) is 3.86. The first kappa shape index (κ1) is 25.5. The Hall–Kier alpha value is -2.55. The van der Waals surface area contributed by atoms with Crippen LogP contribution >= 0.6 is 11.8 Å². The van der Waals surface area contributed by atoms with E-state index >= 15 is 0 Å². The number of aliphatic hydroxyl groups excluding tert-OH is 1. The topological polar surface area (TPSA) is 90.4 Å². The number of aromatic amines is 1. The number of thioether (sulfide) groups is 1. The summed E-state index contributed by atoms with van der Waals surface area (Å²) < 4.78 is 2.32. The van der Waals surface area contributed by atoms with E-state index in [1.807, 2.05) is 44.4 Å². The number of H-pyrrole nitrogens is 1. The lowest BCUT2D eigenvalue weighted by atomic mass is 9.90. The number of carbonyl (C=O) groups excluding carboxylic acids is 1. The average Bonchev–Trinajstić information content (AvgIpc) is 3.14. The molecule has 1 aliphatic heterocycles. The number of rotatable bonds is 8. The molecule has 0 saturated carbocycles. The lowest BCUT2D eigenvalue weighted by Crippen LogP contribution is -2.37. The number of likely N-dealkylation sites (tertiary alicyclic amines) is 1. The molecular weight excluding hydrogens is 460 g/mol. The van der Waals surface area contributed by atoms with Crippen LogP contribution in [0.4, 0.5) is 0 Å². The maximum absolute atomic E-state index is 13.5. The predicted molar refractivity (Wildman–Crippen MR) is 142 cm³/mol. The van der Waals surface area contributed by atoms with Gasteiger partial charge in [0.15, 0.2) is 0 Å². The van der Waals surface area contributed by atoms with Crippen molar-refractivity contribution < 1.29 is 9.90 Å². The number of fused-ring (bicyclic) bond motifs is 1. The van der Waals surface area contributed by atoms with E-state index in [1.54, 1.807) is 0 Å². The summed E-state index contributed by atoms with van der Waals surface area (Å²) in [6.07, 6.45) is 4.08. The molecule has 1 saturated heterocycles. The summed E-state index contributed by atoms with van der Waals surface area (Å²) >= 11 is 1.51. The van der Waals surface area contributed by atoms with Crippen molar-refractivity contribution in [2.24, 2.45) is 5.92 Å². The Balaban J connectivity index is 1.61. The molecule has 0 unspecified atom stereocenters. The zero-order chi connectivity index (χ0) is 25.1. The summed E-state index contributed by atoms with van der Waals surface area (Å²) in [5.41, 5.74) is 3.94. The molecule has 3 heterocycles. The van der Waals surface area contributed by atoms with Crippen LogP contribution in [0.2, 0.25) is 0 Å². The van der Waals surface area contributed by atoms with Gasteiger partial charge in [0.25, 0.3) is 11.5 Å². The molecule has 0 spiro atoms. The van der Waals surface area contributed by atoms with Gasteiger partial charge in [-0.05, 0) is 71.0 Å². The van der Waals surface area contributed by atoms with E-state index < -0.39 is 0 Å². The number of amides is 1. The van der Waals surface area contributed by atoms with Crippen molar-refractivity contribution in [3.05, 3.63) is 63.2 Å². The van der Waals surface area contributed by atoms with Crippen LogP contribution in [-0.2, 0) is 6.54 Å². The molecule has 3 aromatic rings. The number of aromatic nitrogens is 2. The fraction of sp³-hybridized carbons (Fsp3) is 0.481. The highest BCUT2D eigenvalue weighted by molar-refractivity contribution is 7.98. The van der Waals surface area contributed by atoms with Crippen LogP contribution in [0.15, 0.2) is 40.0 Å². The van der Waals surface area contributed by atoms with Crippen molar-refractivity contribution >= 4 is 28.6 Å². The van der Waals surface area contributed by atoms with Crippen LogP contribution in [-0.4, -0.2) is 58.0 Å². The van der Waals surface area contributed by atoms with Gasteiger partial charge in [-0.25, -0.2) is 0 Å². The molecule has 0 bridgehead atoms. The third-order valence-electron chi connectivity index (χ3n) is 7.40. The Morgan fingerprint density at radius 3 is 2.66 bits per heavy atom. The van der Waals surface area contributed by atoms with Gasteiger partial charge in [0.2, 0.25) is 0 Å². The van der Waals surface area contributed by atoms with Gasteiger partial charge < -0.3 is 24.9 Å². The zero-order valence-corrected chi connectivity index (χ0v) is 21.9. The Morgan fingerprint density at radius 1 is 1.26 bits per heavy atom. The maximum atomic E-state index is 13.5. The minimum absolute atomic E-state index is 0.157. The Morgan fingerprint density at radius 2 is 1.97 bits per heavy atom. The molecule has 0 aliphatic carbocycles. The fourth-order valence-electron chi connectivity index (χ4n) is 5.51. The summed E-state index contributed by atoms with van der Waals surface area (Å²) in [5, 5.41) is 13.2. The molecule has 2 aromatic heterocycles. The van der Waals surface area contributed by atoms with Crippen molar-refractivity contribution in [2.75, 3.05) is 32.5 Å². The summed E-state index contributed by atoms with van der Waals surface area (Å²) in [7, 11) is 0. The van der Waals surface area contributed by atoms with Crippen LogP contribution in [0.3, 0.4) is 0 Å². The second-order valence-electron chi connectivity index (χ2n) is 9.50. The van der Waals surface area contributed by atoms with E-state index in [1.165, 1.54) is 11.8 Å². The lowest BCUT2D eigenvalue weighted by molar-refractivity contribution is 0.0950. The number of piperidine rings is 1. The van der Waals surface area contributed by atoms with Gasteiger partial charge in [-0.2, -0.15) is 0 Å². The van der Waals surface area contributed by atoms with Crippen LogP contribution in [0, 0.1) is 19.8 Å². The van der Waals surface area contributed by atoms with Crippen molar-refractivity contribution in [3.8, 4) is 0 Å². The molecular formula is C27H36N4O3S. The maximum Gasteiger partial charge on any atom is 0.254 e. The van der Waals surface area contributed by atoms with Gasteiger partial charge in [0.05, 0.1) is 12.2 Å². The van der Waals surface area contributed by atoms with E-state index in [9.17, 15) is 14.7 Å². The van der Waals surface area contributed by atoms with Gasteiger partial charge in [-0.3, -0.25) is 9.59 Å². The van der Waals surface area contributed by atoms with E-state index in [0.29, 0.717) is 17.0 Å². The third-order valence-corrected chi connectivity index (χ3v) is 8.20. The van der Waals surface area contributed by atoms with E-state index in [-0.39, 0.29) is 30.7 Å². The highest BCUT2D eigenvalue weighted by atomic mass is 32.2. The lowest BCUT2D eigenvalue weighted by Gasteiger charge is -2.35. The van der Waals surface area contributed by atoms with Crippen LogP contribution in [0.5, 0.6) is 0 Å². The van der Waals surface area contributed by atoms with Crippen LogP contribution < -0.4 is 10.9 Å². The molecule has 188 valence electrons. The standard InChI is InChI=1S/C27H36N4O3S/c1-17-15-24(35-4)22(26(33)29-17)16-28-27(34)25-19(3)31(23-8-6-5-7-21(23)25)18(2)20-9-11-30(12-10-20)13-14-32/h5-8,15,18,20,32H,9-14,16H2,1-4H3,(H,28,34)(H,29,33)/t18-/m1/s1. The second kappa shape index (κ2) is 11.0. The number of benzene rings is 1. The normalized spacial score (nSPS) is 16.0. The number of para-hydroxylation sites is 1. The Kier molecular flexibility index (Phi) is 8.04. The summed E-state index contributed by atoms with van der Waals surface area (Å²) in [6.45, 7) is 9.24. The number of pyridine rings is 1. The summed E-state index contributed by atoms with van der Waals surface area (Å²) in [6, 6.07) is 10.3. The van der Waals surface area contributed by atoms with Gasteiger partial charge in [-0.1, -0.05) is 18.2 Å². The quantitative estimate of drug-likeness (QED) is 0.412. The average molecular weight is 497 g/mol. The first-order valence-electron chi connectivity index (χ1n) is 12.3. The molecule has 1 aromatic carbocycles. The first-order valence-corrected chi connectivity index (χ1v) is 13.6. The van der Waals surface area contributed by atoms with Crippen LogP contribution in [0.25, 0.3) is 10.9 Å². The van der Waals surface area contributed by atoms with Crippen molar-refractivity contribution in [1.29, 1.82) is 0 Å². The molecule has 35 heavy (non-hydrogen) atoms. The number of hydrogen-bond acceptors (Lipinski definition) is 5. The second-order valence-corrected chi connectivity index (χ2v) is 10.3. The number of nitrogens with zero attached hydrogens (tertiary/aromatic N) is 2. The van der Waals surface area contributed by atoms with Crippen molar-refractivity contribution in [2.45, 2.75) is 51.1 Å². The van der Waals surface area contributed by atoms with E-state index in [4.69, 9.17) is 0 Å². The monoisotopic (exact) mass is 496 g/mol.